The van der Waals surface area contributed by atoms with Crippen LogP contribution in [0.3, 0.4) is 0 Å². The minimum Gasteiger partial charge on any atom is -0.396 e. The maximum Gasteiger partial charge on any atom is 0.219 e. The summed E-state index contributed by atoms with van der Waals surface area (Å²) in [5, 5.41) is 11.6. The van der Waals surface area contributed by atoms with E-state index in [2.05, 4.69) is 12.2 Å². The maximum absolute atomic E-state index is 11.4. The van der Waals surface area contributed by atoms with Crippen LogP contribution in [0, 0.1) is 0 Å². The van der Waals surface area contributed by atoms with Crippen LogP contribution in [-0.4, -0.2) is 24.2 Å². The summed E-state index contributed by atoms with van der Waals surface area (Å²) in [6, 6.07) is 0. The molecule has 0 aliphatic heterocycles. The highest BCUT2D eigenvalue weighted by Gasteiger charge is 1.99. The van der Waals surface area contributed by atoms with Crippen LogP contribution in [0.1, 0.15) is 71.1 Å². The van der Waals surface area contributed by atoms with Gasteiger partial charge in [0.1, 0.15) is 0 Å². The molecule has 0 unspecified atom stereocenters. The number of carbonyl (C=O) groups excluding carboxylic acids is 1. The lowest BCUT2D eigenvalue weighted by atomic mass is 10.1. The predicted molar refractivity (Wildman–Crippen MR) is 71.9 cm³/mol. The van der Waals surface area contributed by atoms with Crippen molar-refractivity contribution in [3.05, 3.63) is 0 Å². The van der Waals surface area contributed by atoms with Crippen molar-refractivity contribution in [2.24, 2.45) is 0 Å². The molecular formula is C14H29NO2. The lowest BCUT2D eigenvalue weighted by Gasteiger charge is -2.04. The van der Waals surface area contributed by atoms with E-state index in [1.807, 2.05) is 0 Å². The Balaban J connectivity index is 3.08. The molecule has 0 fully saturated rings. The van der Waals surface area contributed by atoms with Crippen molar-refractivity contribution in [2.45, 2.75) is 71.1 Å². The van der Waals surface area contributed by atoms with Gasteiger partial charge in [-0.05, 0) is 19.3 Å². The quantitative estimate of drug-likeness (QED) is 0.518. The van der Waals surface area contributed by atoms with Gasteiger partial charge in [-0.3, -0.25) is 4.79 Å². The van der Waals surface area contributed by atoms with Crippen molar-refractivity contribution in [1.82, 2.24) is 5.32 Å². The van der Waals surface area contributed by atoms with Gasteiger partial charge in [0.05, 0.1) is 0 Å². The maximum atomic E-state index is 11.4. The number of nitrogens with one attached hydrogen (secondary N) is 1. The van der Waals surface area contributed by atoms with Crippen LogP contribution in [0.4, 0.5) is 0 Å². The van der Waals surface area contributed by atoms with Gasteiger partial charge in [-0.25, -0.2) is 0 Å². The minimum atomic E-state index is 0.207. The van der Waals surface area contributed by atoms with Gasteiger partial charge in [-0.2, -0.15) is 0 Å². The van der Waals surface area contributed by atoms with Crippen LogP contribution in [0.25, 0.3) is 0 Å². The molecule has 0 aromatic rings. The minimum absolute atomic E-state index is 0.207. The molecule has 0 aliphatic carbocycles. The van der Waals surface area contributed by atoms with Crippen molar-refractivity contribution in [3.63, 3.8) is 0 Å². The van der Waals surface area contributed by atoms with E-state index < -0.39 is 0 Å². The molecule has 1 amide bonds. The summed E-state index contributed by atoms with van der Waals surface area (Å²) in [7, 11) is 0. The fourth-order valence-corrected chi connectivity index (χ4v) is 1.80. The Bertz CT molecular complexity index is 172. The van der Waals surface area contributed by atoms with Gasteiger partial charge < -0.3 is 10.4 Å². The Labute approximate surface area is 106 Å². The summed E-state index contributed by atoms with van der Waals surface area (Å²) in [5.74, 6) is 0.207. The standard InChI is InChI=1S/C14H29NO2/c1-2-3-8-11-14(17)15-12-9-6-4-5-7-10-13-16/h16H,2-13H2,1H3,(H,15,17). The van der Waals surface area contributed by atoms with Gasteiger partial charge in [0, 0.05) is 19.6 Å². The van der Waals surface area contributed by atoms with Crippen molar-refractivity contribution < 1.29 is 9.90 Å². The molecule has 0 saturated heterocycles. The average molecular weight is 243 g/mol. The Morgan fingerprint density at radius 2 is 1.59 bits per heavy atom. The Morgan fingerprint density at radius 3 is 2.24 bits per heavy atom. The van der Waals surface area contributed by atoms with Crippen molar-refractivity contribution in [3.8, 4) is 0 Å². The molecule has 0 saturated carbocycles. The van der Waals surface area contributed by atoms with Gasteiger partial charge in [0.2, 0.25) is 5.91 Å². The molecule has 0 radical (unpaired) electrons. The van der Waals surface area contributed by atoms with Crippen LogP contribution in [0.5, 0.6) is 0 Å². The highest BCUT2D eigenvalue weighted by atomic mass is 16.2. The zero-order chi connectivity index (χ0) is 12.8. The first kappa shape index (κ1) is 16.4. The molecule has 0 aromatic carbocycles. The highest BCUT2D eigenvalue weighted by Crippen LogP contribution is 2.04. The zero-order valence-corrected chi connectivity index (χ0v) is 11.3. The van der Waals surface area contributed by atoms with Crippen LogP contribution in [-0.2, 0) is 4.79 Å². The number of hydrogen-bond donors (Lipinski definition) is 2. The summed E-state index contributed by atoms with van der Waals surface area (Å²) in [6.07, 6.45) is 10.7. The molecule has 2 N–H and O–H groups in total. The molecule has 102 valence electrons. The molecule has 17 heavy (non-hydrogen) atoms. The first-order valence-corrected chi connectivity index (χ1v) is 7.18. The summed E-state index contributed by atoms with van der Waals surface area (Å²) in [5.41, 5.74) is 0. The second-order valence-electron chi connectivity index (χ2n) is 4.65. The van der Waals surface area contributed by atoms with Gasteiger partial charge >= 0.3 is 0 Å². The van der Waals surface area contributed by atoms with Gasteiger partial charge in [0.15, 0.2) is 0 Å². The fraction of sp³-hybridized carbons (Fsp3) is 0.929. The van der Waals surface area contributed by atoms with Gasteiger partial charge in [0.25, 0.3) is 0 Å². The summed E-state index contributed by atoms with van der Waals surface area (Å²) >= 11 is 0. The topological polar surface area (TPSA) is 49.3 Å². The molecule has 0 aliphatic rings. The number of amides is 1. The number of hydrogen-bond acceptors (Lipinski definition) is 2. The van der Waals surface area contributed by atoms with E-state index in [0.717, 1.165) is 38.6 Å². The van der Waals surface area contributed by atoms with Crippen LogP contribution < -0.4 is 5.32 Å². The largest absolute Gasteiger partial charge is 0.396 e. The molecule has 3 nitrogen and oxygen atoms in total. The molecule has 0 bridgehead atoms. The van der Waals surface area contributed by atoms with Crippen LogP contribution in [0.2, 0.25) is 0 Å². The third kappa shape index (κ3) is 13.4. The SMILES string of the molecule is CCCCCC(=O)NCCCCCCCCO. The monoisotopic (exact) mass is 243 g/mol. The second-order valence-corrected chi connectivity index (χ2v) is 4.65. The molecule has 0 heterocycles. The van der Waals surface area contributed by atoms with E-state index in [9.17, 15) is 4.79 Å². The molecule has 3 heteroatoms. The normalized spacial score (nSPS) is 10.5. The van der Waals surface area contributed by atoms with Crippen LogP contribution >= 0.6 is 0 Å². The molecular weight excluding hydrogens is 214 g/mol. The Kier molecular flexibility index (Phi) is 13.0. The van der Waals surface area contributed by atoms with Crippen molar-refractivity contribution >= 4 is 5.91 Å². The zero-order valence-electron chi connectivity index (χ0n) is 11.3. The van der Waals surface area contributed by atoms with Gasteiger partial charge in [-0.15, -0.1) is 0 Å². The first-order valence-electron chi connectivity index (χ1n) is 7.18. The molecule has 0 spiro atoms. The van der Waals surface area contributed by atoms with E-state index in [-0.39, 0.29) is 5.91 Å². The third-order valence-corrected chi connectivity index (χ3v) is 2.91. The van der Waals surface area contributed by atoms with Crippen molar-refractivity contribution in [1.29, 1.82) is 0 Å². The number of carbonyl (C=O) groups is 1. The first-order chi connectivity index (χ1) is 8.31. The Hall–Kier alpha value is -0.570. The third-order valence-electron chi connectivity index (χ3n) is 2.91. The second kappa shape index (κ2) is 13.5. The van der Waals surface area contributed by atoms with Gasteiger partial charge in [-0.1, -0.05) is 45.4 Å². The number of aliphatic hydroxyl groups excluding tert-OH is 1. The van der Waals surface area contributed by atoms with E-state index in [1.165, 1.54) is 25.7 Å². The van der Waals surface area contributed by atoms with E-state index in [0.29, 0.717) is 13.0 Å². The molecule has 0 aromatic heterocycles. The smallest absolute Gasteiger partial charge is 0.219 e. The van der Waals surface area contributed by atoms with Crippen LogP contribution in [0.15, 0.2) is 0 Å². The lowest BCUT2D eigenvalue weighted by molar-refractivity contribution is -0.121. The fourth-order valence-electron chi connectivity index (χ4n) is 1.80. The molecule has 0 atom stereocenters. The average Bonchev–Trinajstić information content (AvgIpc) is 2.33. The highest BCUT2D eigenvalue weighted by molar-refractivity contribution is 5.75. The Morgan fingerprint density at radius 1 is 0.941 bits per heavy atom. The lowest BCUT2D eigenvalue weighted by Crippen LogP contribution is -2.23. The van der Waals surface area contributed by atoms with E-state index in [4.69, 9.17) is 5.11 Å². The number of unbranched alkanes of at least 4 members (excludes halogenated alkanes) is 7. The summed E-state index contributed by atoms with van der Waals surface area (Å²) < 4.78 is 0. The summed E-state index contributed by atoms with van der Waals surface area (Å²) in [6.45, 7) is 3.29. The molecule has 0 rings (SSSR count). The number of aliphatic hydroxyl groups is 1. The van der Waals surface area contributed by atoms with Crippen molar-refractivity contribution in [2.75, 3.05) is 13.2 Å². The predicted octanol–water partition coefficient (Wildman–Crippen LogP) is 3.02. The van der Waals surface area contributed by atoms with E-state index in [1.54, 1.807) is 0 Å². The van der Waals surface area contributed by atoms with E-state index >= 15 is 0 Å². The number of rotatable bonds is 12. The summed E-state index contributed by atoms with van der Waals surface area (Å²) in [4.78, 5) is 11.4.